The summed E-state index contributed by atoms with van der Waals surface area (Å²) in [4.78, 5) is 10.7. The molecule has 0 aliphatic rings. The van der Waals surface area contributed by atoms with Gasteiger partial charge in [-0.1, -0.05) is 168 Å². The molecule has 21 heteroatoms. The number of rotatable bonds is 49. The number of aliphatic hydroxyl groups excluding tert-OH is 3. The Bertz CT molecular complexity index is 3570. The van der Waals surface area contributed by atoms with Crippen LogP contribution in [0.5, 0.6) is 46.0 Å². The van der Waals surface area contributed by atoms with E-state index in [1.165, 1.54) is 51.4 Å². The second-order valence-corrected chi connectivity index (χ2v) is 29.5. The van der Waals surface area contributed by atoms with Gasteiger partial charge in [0.05, 0.1) is 99.1 Å². The number of hydrogen-bond donors (Lipinski definition) is 3. The van der Waals surface area contributed by atoms with Gasteiger partial charge in [-0.2, -0.15) is 0 Å². The number of benzene rings is 8. The minimum atomic E-state index is -0.300. The average Bonchev–Trinajstić information content (AvgIpc) is 0.824. The van der Waals surface area contributed by atoms with Crippen LogP contribution in [0.3, 0.4) is 0 Å². The van der Waals surface area contributed by atoms with Gasteiger partial charge >= 0.3 is 5.97 Å². The highest BCUT2D eigenvalue weighted by Gasteiger charge is 2.27. The third-order valence-electron chi connectivity index (χ3n) is 18.0. The van der Waals surface area contributed by atoms with Crippen LogP contribution in [0, 0.1) is 0 Å². The highest BCUT2D eigenvalue weighted by molar-refractivity contribution is 9.09. The third-order valence-corrected chi connectivity index (χ3v) is 19.4. The lowest BCUT2D eigenvalue weighted by Gasteiger charge is -2.26. The standard InChI is InChI=1S/C24H33BrO5.C24H33ClO5.C22H27ClO4.C20H25ClO3/c2*1-24(2,20-4-8-22(9-5-20)29-14-3-12-25)21-6-10-23(11-7-21)30-19-18-28-17-16-27-15-13-26;1-17(24)25-15-16-27-21-11-7-19(8-12-21)22(2,3)18-5-9-20(10-6-18)26-14-4-13-23;1-20(2,17-6-10-19(11-7-17)24-15-13-22)16-4-8-18(9-5-16)23-14-3-12-21/h2*4-11,26H,3,12-19H2,1-2H3;5-12H,4,13-16H2,1-3H3;4-11,22H,3,12-15H2,1-2H3. The van der Waals surface area contributed by atoms with Gasteiger partial charge in [0.25, 0.3) is 0 Å². The third kappa shape index (κ3) is 35.3. The Morgan fingerprint density at radius 2 is 0.450 bits per heavy atom. The van der Waals surface area contributed by atoms with E-state index < -0.39 is 0 Å². The van der Waals surface area contributed by atoms with Crippen molar-refractivity contribution in [1.82, 2.24) is 0 Å². The van der Waals surface area contributed by atoms with Crippen LogP contribution in [0.2, 0.25) is 0 Å². The molecule has 3 N–H and O–H groups in total. The number of esters is 1. The molecule has 8 rings (SSSR count). The molecule has 0 aliphatic carbocycles. The van der Waals surface area contributed by atoms with E-state index in [0.717, 1.165) is 83.6 Å². The maximum atomic E-state index is 10.7. The largest absolute Gasteiger partial charge is 0.494 e. The van der Waals surface area contributed by atoms with Crippen LogP contribution in [-0.2, 0) is 50.1 Å². The van der Waals surface area contributed by atoms with Crippen LogP contribution in [0.15, 0.2) is 194 Å². The van der Waals surface area contributed by atoms with E-state index >= 15 is 0 Å². The van der Waals surface area contributed by atoms with Gasteiger partial charge in [0.2, 0.25) is 0 Å². The van der Waals surface area contributed by atoms with Crippen molar-refractivity contribution in [2.75, 3.05) is 155 Å². The molecule has 0 aliphatic heterocycles. The van der Waals surface area contributed by atoms with Crippen molar-refractivity contribution < 1.29 is 81.7 Å². The number of alkyl halides is 4. The number of carbonyl (C=O) groups excluding carboxylic acids is 1. The second-order valence-electron chi connectivity index (χ2n) is 27.6. The Labute approximate surface area is 683 Å². The maximum absolute atomic E-state index is 10.7. The fourth-order valence-electron chi connectivity index (χ4n) is 11.1. The van der Waals surface area contributed by atoms with Gasteiger partial charge in [-0.25, -0.2) is 0 Å². The molecule has 0 fully saturated rings. The Balaban J connectivity index is 0.000000266. The van der Waals surface area contributed by atoms with Gasteiger partial charge < -0.3 is 76.9 Å². The second kappa shape index (κ2) is 53.7. The highest BCUT2D eigenvalue weighted by atomic mass is 79.9. The number of ether oxygens (including phenoxy) is 13. The predicted molar refractivity (Wildman–Crippen MR) is 450 cm³/mol. The number of aliphatic hydroxyl groups is 3. The first kappa shape index (κ1) is 94.3. The van der Waals surface area contributed by atoms with Crippen LogP contribution in [0.25, 0.3) is 0 Å². The van der Waals surface area contributed by atoms with Crippen molar-refractivity contribution in [2.45, 2.75) is 110 Å². The van der Waals surface area contributed by atoms with Crippen LogP contribution in [0.4, 0.5) is 0 Å². The minimum Gasteiger partial charge on any atom is -0.494 e. The minimum absolute atomic E-state index is 0.0204. The zero-order chi connectivity index (χ0) is 80.4. The highest BCUT2D eigenvalue weighted by Crippen LogP contribution is 2.38. The zero-order valence-electron chi connectivity index (χ0n) is 66.3. The molecular formula is C90H118BrCl3O17. The molecule has 0 saturated carbocycles. The zero-order valence-corrected chi connectivity index (χ0v) is 70.2. The summed E-state index contributed by atoms with van der Waals surface area (Å²) < 4.78 is 71.2. The molecule has 0 atom stereocenters. The van der Waals surface area contributed by atoms with E-state index in [0.29, 0.717) is 117 Å². The lowest BCUT2D eigenvalue weighted by molar-refractivity contribution is -0.141. The van der Waals surface area contributed by atoms with Gasteiger partial charge in [0, 0.05) is 51.6 Å². The summed E-state index contributed by atoms with van der Waals surface area (Å²) in [7, 11) is 0. The predicted octanol–water partition coefficient (Wildman–Crippen LogP) is 18.4. The fourth-order valence-corrected chi connectivity index (χ4v) is 11.7. The summed E-state index contributed by atoms with van der Waals surface area (Å²) in [5, 5.41) is 27.0. The number of hydrogen-bond acceptors (Lipinski definition) is 17. The molecule has 0 heterocycles. The van der Waals surface area contributed by atoms with E-state index in [1.807, 2.05) is 97.1 Å². The Hall–Kier alpha value is -7.30. The molecule has 0 bridgehead atoms. The topological polar surface area (TPSA) is 198 Å². The summed E-state index contributed by atoms with van der Waals surface area (Å²) in [6, 6.07) is 65.4. The molecule has 8 aromatic rings. The Morgan fingerprint density at radius 1 is 0.270 bits per heavy atom. The first-order valence-electron chi connectivity index (χ1n) is 38.0. The molecule has 0 aromatic heterocycles. The normalized spacial score (nSPS) is 11.4. The summed E-state index contributed by atoms with van der Waals surface area (Å²) in [5.41, 5.74) is 9.18. The summed E-state index contributed by atoms with van der Waals surface area (Å²) in [6.45, 7) is 27.2. The van der Waals surface area contributed by atoms with Crippen LogP contribution >= 0.6 is 50.7 Å². The lowest BCUT2D eigenvalue weighted by Crippen LogP contribution is -2.18. The quantitative estimate of drug-likeness (QED) is 0.0185. The van der Waals surface area contributed by atoms with E-state index in [1.54, 1.807) is 0 Å². The lowest BCUT2D eigenvalue weighted by atomic mass is 9.78. The van der Waals surface area contributed by atoms with Crippen molar-refractivity contribution >= 4 is 56.7 Å². The Kier molecular flexibility index (Phi) is 45.6. The molecule has 17 nitrogen and oxygen atoms in total. The van der Waals surface area contributed by atoms with Crippen molar-refractivity contribution in [3.05, 3.63) is 239 Å². The molecule has 8 aromatic carbocycles. The average molecular weight is 1660 g/mol. The SMILES string of the molecule is CC(=O)OCCOc1ccc(C(C)(C)c2ccc(OCCCCl)cc2)cc1.CC(C)(c1ccc(OCCCBr)cc1)c1ccc(OCCOCCOCCO)cc1.CC(C)(c1ccc(OCCCCl)cc1)c1ccc(OCCOCCOCCO)cc1.CC(C)(c1ccc(OCCO)cc1)c1ccc(OCCCCl)cc1. The molecule has 0 spiro atoms. The molecule has 608 valence electrons. The first-order valence-corrected chi connectivity index (χ1v) is 40.8. The molecule has 111 heavy (non-hydrogen) atoms. The first-order chi connectivity index (χ1) is 53.7. The van der Waals surface area contributed by atoms with Crippen molar-refractivity contribution in [2.24, 2.45) is 0 Å². The van der Waals surface area contributed by atoms with Gasteiger partial charge in [0.1, 0.15) is 79.0 Å². The smallest absolute Gasteiger partial charge is 0.302 e. The van der Waals surface area contributed by atoms with Crippen molar-refractivity contribution in [3.8, 4) is 46.0 Å². The van der Waals surface area contributed by atoms with E-state index in [9.17, 15) is 4.79 Å². The van der Waals surface area contributed by atoms with Gasteiger partial charge in [-0.15, -0.1) is 34.8 Å². The molecule has 0 amide bonds. The van der Waals surface area contributed by atoms with Gasteiger partial charge in [0.15, 0.2) is 0 Å². The van der Waals surface area contributed by atoms with Gasteiger partial charge in [-0.3, -0.25) is 4.79 Å². The van der Waals surface area contributed by atoms with E-state index in [-0.39, 0.29) is 54.1 Å². The van der Waals surface area contributed by atoms with Crippen molar-refractivity contribution in [1.29, 1.82) is 0 Å². The number of carbonyl (C=O) groups is 1. The summed E-state index contributed by atoms with van der Waals surface area (Å²) in [5.74, 6) is 8.19. The van der Waals surface area contributed by atoms with E-state index in [4.69, 9.17) is 112 Å². The van der Waals surface area contributed by atoms with Crippen LogP contribution in [0.1, 0.15) is 133 Å². The van der Waals surface area contributed by atoms with Gasteiger partial charge in [-0.05, 0) is 167 Å². The molecule has 0 unspecified atom stereocenters. The van der Waals surface area contributed by atoms with Crippen molar-refractivity contribution in [3.63, 3.8) is 0 Å². The molecular weight excluding hydrogens is 1540 g/mol. The van der Waals surface area contributed by atoms with E-state index in [2.05, 4.69) is 168 Å². The maximum Gasteiger partial charge on any atom is 0.302 e. The summed E-state index contributed by atoms with van der Waals surface area (Å²) >= 11 is 20.4. The molecule has 0 saturated heterocycles. The molecule has 0 radical (unpaired) electrons. The van der Waals surface area contributed by atoms with Crippen LogP contribution < -0.4 is 37.9 Å². The summed E-state index contributed by atoms with van der Waals surface area (Å²) in [6.07, 6.45) is 3.52. The van der Waals surface area contributed by atoms with Crippen LogP contribution in [-0.4, -0.2) is 176 Å². The number of halogens is 4. The Morgan fingerprint density at radius 3 is 0.649 bits per heavy atom. The monoisotopic (exact) mass is 1650 g/mol. The fraction of sp³-hybridized carbons (Fsp3) is 0.456.